The van der Waals surface area contributed by atoms with Crippen molar-refractivity contribution >= 4 is 42.1 Å². The molecule has 0 unspecified atom stereocenters. The number of carbonyl (C=O) groups is 1. The molecule has 1 heterocycles. The van der Waals surface area contributed by atoms with Gasteiger partial charge < -0.3 is 11.1 Å². The maximum Gasteiger partial charge on any atom is 0.270 e. The van der Waals surface area contributed by atoms with E-state index in [1.54, 1.807) is 0 Å². The minimum Gasteiger partial charge on any atom is -0.348 e. The van der Waals surface area contributed by atoms with Crippen LogP contribution >= 0.6 is 36.2 Å². The standard InChI is InChI=1S/C19H25N3OS.2ClH/c1-12(2)13-3-5-14(6-4-13)19-22-17(11-24-19)18(23)21-16-9-7-15(20)8-10-16;;/h3-6,11-12,15-16H,7-10,20H2,1-2H3,(H,21,23);2*1H. The maximum absolute atomic E-state index is 12.4. The SMILES string of the molecule is CC(C)c1ccc(-c2nc(C(=O)NC3CCC(N)CC3)cs2)cc1.Cl.Cl. The van der Waals surface area contributed by atoms with Crippen molar-refractivity contribution in [3.63, 3.8) is 0 Å². The summed E-state index contributed by atoms with van der Waals surface area (Å²) in [5.74, 6) is 0.442. The zero-order valence-corrected chi connectivity index (χ0v) is 17.6. The van der Waals surface area contributed by atoms with Crippen molar-refractivity contribution < 1.29 is 4.79 Å². The van der Waals surface area contributed by atoms with E-state index in [-0.39, 0.29) is 42.8 Å². The zero-order chi connectivity index (χ0) is 17.1. The summed E-state index contributed by atoms with van der Waals surface area (Å²) in [5.41, 5.74) is 8.80. The number of thiazole rings is 1. The second-order valence-corrected chi connectivity index (χ2v) is 7.76. The molecule has 0 atom stereocenters. The van der Waals surface area contributed by atoms with E-state index in [0.717, 1.165) is 36.3 Å². The molecule has 0 spiro atoms. The molecule has 1 amide bonds. The molecule has 2 aromatic rings. The Hall–Kier alpha value is -1.14. The number of benzene rings is 1. The molecule has 0 radical (unpaired) electrons. The van der Waals surface area contributed by atoms with Crippen LogP contribution in [0.4, 0.5) is 0 Å². The predicted molar refractivity (Wildman–Crippen MR) is 114 cm³/mol. The molecule has 1 aliphatic rings. The van der Waals surface area contributed by atoms with Gasteiger partial charge in [0, 0.05) is 23.0 Å². The molecule has 144 valence electrons. The Kier molecular flexibility index (Phi) is 9.04. The van der Waals surface area contributed by atoms with E-state index in [2.05, 4.69) is 48.4 Å². The molecule has 0 aliphatic heterocycles. The van der Waals surface area contributed by atoms with Crippen molar-refractivity contribution in [1.82, 2.24) is 10.3 Å². The normalized spacial score (nSPS) is 19.4. The predicted octanol–water partition coefficient (Wildman–Crippen LogP) is 4.78. The number of nitrogens with one attached hydrogen (secondary N) is 1. The Balaban J connectivity index is 0.00000169. The van der Waals surface area contributed by atoms with Crippen LogP contribution < -0.4 is 11.1 Å². The molecular weight excluding hydrogens is 389 g/mol. The molecule has 3 rings (SSSR count). The number of nitrogens with two attached hydrogens (primary N) is 1. The third-order valence-corrected chi connectivity index (χ3v) is 5.56. The summed E-state index contributed by atoms with van der Waals surface area (Å²) in [6.07, 6.45) is 3.88. The van der Waals surface area contributed by atoms with Crippen molar-refractivity contribution in [2.24, 2.45) is 5.73 Å². The highest BCUT2D eigenvalue weighted by atomic mass is 35.5. The van der Waals surface area contributed by atoms with Crippen LogP contribution in [0, 0.1) is 0 Å². The number of aromatic nitrogens is 1. The summed E-state index contributed by atoms with van der Waals surface area (Å²) >= 11 is 1.52. The van der Waals surface area contributed by atoms with E-state index in [1.807, 2.05) is 5.38 Å². The Morgan fingerprint density at radius 2 is 1.77 bits per heavy atom. The molecule has 26 heavy (non-hydrogen) atoms. The Morgan fingerprint density at radius 1 is 1.15 bits per heavy atom. The summed E-state index contributed by atoms with van der Waals surface area (Å²) < 4.78 is 0. The molecule has 4 nitrogen and oxygen atoms in total. The van der Waals surface area contributed by atoms with E-state index in [9.17, 15) is 4.79 Å². The first-order valence-corrected chi connectivity index (χ1v) is 9.53. The van der Waals surface area contributed by atoms with Crippen molar-refractivity contribution in [1.29, 1.82) is 0 Å². The van der Waals surface area contributed by atoms with Gasteiger partial charge in [-0.2, -0.15) is 0 Å². The molecule has 3 N–H and O–H groups in total. The maximum atomic E-state index is 12.4. The van der Waals surface area contributed by atoms with E-state index in [4.69, 9.17) is 5.73 Å². The quantitative estimate of drug-likeness (QED) is 0.754. The minimum atomic E-state index is -0.0724. The van der Waals surface area contributed by atoms with Crippen LogP contribution in [0.15, 0.2) is 29.6 Å². The monoisotopic (exact) mass is 415 g/mol. The first kappa shape index (κ1) is 22.9. The molecule has 1 fully saturated rings. The Morgan fingerprint density at radius 3 is 2.35 bits per heavy atom. The third-order valence-electron chi connectivity index (χ3n) is 4.67. The second kappa shape index (κ2) is 10.3. The molecule has 7 heteroatoms. The lowest BCUT2D eigenvalue weighted by Gasteiger charge is -2.26. The number of hydrogen-bond acceptors (Lipinski definition) is 4. The summed E-state index contributed by atoms with van der Waals surface area (Å²) in [7, 11) is 0. The van der Waals surface area contributed by atoms with Gasteiger partial charge in [-0.05, 0) is 37.2 Å². The van der Waals surface area contributed by atoms with E-state index in [0.29, 0.717) is 11.6 Å². The molecular formula is C19H27Cl2N3OS. The van der Waals surface area contributed by atoms with Crippen molar-refractivity contribution in [2.45, 2.75) is 57.5 Å². The fraction of sp³-hybridized carbons (Fsp3) is 0.474. The average molecular weight is 416 g/mol. The first-order chi connectivity index (χ1) is 11.5. The van der Waals surface area contributed by atoms with E-state index < -0.39 is 0 Å². The van der Waals surface area contributed by atoms with Crippen molar-refractivity contribution in [3.8, 4) is 10.6 Å². The summed E-state index contributed by atoms with van der Waals surface area (Å²) in [5, 5.41) is 5.83. The zero-order valence-electron chi connectivity index (χ0n) is 15.1. The summed E-state index contributed by atoms with van der Waals surface area (Å²) in [6.45, 7) is 4.36. The molecule has 0 bridgehead atoms. The topological polar surface area (TPSA) is 68.0 Å². The lowest BCUT2D eigenvalue weighted by molar-refractivity contribution is 0.0921. The largest absolute Gasteiger partial charge is 0.348 e. The third kappa shape index (κ3) is 5.68. The lowest BCUT2D eigenvalue weighted by atomic mass is 9.92. The first-order valence-electron chi connectivity index (χ1n) is 8.65. The van der Waals surface area contributed by atoms with Crippen LogP contribution in [0.25, 0.3) is 10.6 Å². The van der Waals surface area contributed by atoms with Gasteiger partial charge in [-0.1, -0.05) is 38.1 Å². The van der Waals surface area contributed by atoms with E-state index >= 15 is 0 Å². The van der Waals surface area contributed by atoms with Gasteiger partial charge in [0.2, 0.25) is 0 Å². The number of rotatable bonds is 4. The van der Waals surface area contributed by atoms with Crippen LogP contribution in [0.3, 0.4) is 0 Å². The van der Waals surface area contributed by atoms with Gasteiger partial charge in [0.15, 0.2) is 0 Å². The smallest absolute Gasteiger partial charge is 0.270 e. The van der Waals surface area contributed by atoms with Crippen LogP contribution in [0.5, 0.6) is 0 Å². The van der Waals surface area contributed by atoms with Gasteiger partial charge in [0.05, 0.1) is 0 Å². The van der Waals surface area contributed by atoms with Gasteiger partial charge in [-0.25, -0.2) is 4.98 Å². The van der Waals surface area contributed by atoms with Gasteiger partial charge in [-0.3, -0.25) is 4.79 Å². The fourth-order valence-electron chi connectivity index (χ4n) is 3.04. The number of halogens is 2. The summed E-state index contributed by atoms with van der Waals surface area (Å²) in [4.78, 5) is 16.9. The van der Waals surface area contributed by atoms with Gasteiger partial charge >= 0.3 is 0 Å². The van der Waals surface area contributed by atoms with Crippen LogP contribution in [-0.2, 0) is 0 Å². The number of amides is 1. The number of nitrogens with zero attached hydrogens (tertiary/aromatic N) is 1. The minimum absolute atomic E-state index is 0. The van der Waals surface area contributed by atoms with Crippen LogP contribution in [0.2, 0.25) is 0 Å². The van der Waals surface area contributed by atoms with Gasteiger partial charge in [-0.15, -0.1) is 36.2 Å². The Labute approximate surface area is 171 Å². The van der Waals surface area contributed by atoms with Crippen molar-refractivity contribution in [3.05, 3.63) is 40.9 Å². The average Bonchev–Trinajstić information content (AvgIpc) is 3.07. The Bertz CT molecular complexity index is 695. The summed E-state index contributed by atoms with van der Waals surface area (Å²) in [6, 6.07) is 8.95. The van der Waals surface area contributed by atoms with Crippen LogP contribution in [-0.4, -0.2) is 23.0 Å². The van der Waals surface area contributed by atoms with Gasteiger partial charge in [0.1, 0.15) is 10.7 Å². The molecule has 1 aromatic heterocycles. The van der Waals surface area contributed by atoms with Crippen LogP contribution in [0.1, 0.15) is 61.5 Å². The van der Waals surface area contributed by atoms with E-state index in [1.165, 1.54) is 16.9 Å². The molecule has 1 aromatic carbocycles. The van der Waals surface area contributed by atoms with Crippen molar-refractivity contribution in [2.75, 3.05) is 0 Å². The second-order valence-electron chi connectivity index (χ2n) is 6.90. The molecule has 0 saturated heterocycles. The lowest BCUT2D eigenvalue weighted by Crippen LogP contribution is -2.40. The highest BCUT2D eigenvalue weighted by molar-refractivity contribution is 7.13. The number of carbonyl (C=O) groups excluding carboxylic acids is 1. The van der Waals surface area contributed by atoms with Gasteiger partial charge in [0.25, 0.3) is 5.91 Å². The molecule has 1 aliphatic carbocycles. The molecule has 1 saturated carbocycles. The highest BCUT2D eigenvalue weighted by Gasteiger charge is 2.21. The highest BCUT2D eigenvalue weighted by Crippen LogP contribution is 2.26. The fourth-order valence-corrected chi connectivity index (χ4v) is 3.85. The number of hydrogen-bond donors (Lipinski definition) is 2.